The number of carbonyl (C=O) groups is 1. The topological polar surface area (TPSA) is 72.9 Å². The van der Waals surface area contributed by atoms with Gasteiger partial charge in [0, 0.05) is 17.2 Å². The van der Waals surface area contributed by atoms with E-state index in [1.165, 1.54) is 0 Å². The van der Waals surface area contributed by atoms with Crippen LogP contribution in [0, 0.1) is 0 Å². The lowest BCUT2D eigenvalue weighted by atomic mass is 10.2. The monoisotopic (exact) mass is 308 g/mol. The minimum absolute atomic E-state index is 0.255. The van der Waals surface area contributed by atoms with E-state index in [0.29, 0.717) is 0 Å². The lowest BCUT2D eigenvalue weighted by molar-refractivity contribution is 0.0995. The first-order chi connectivity index (χ1) is 8.61. The highest BCUT2D eigenvalue weighted by Crippen LogP contribution is 2.20. The number of amides is 1. The number of benzene rings is 1. The molecule has 0 aliphatic rings. The zero-order valence-electron chi connectivity index (χ0n) is 9.85. The second-order valence-corrected chi connectivity index (χ2v) is 4.67. The fraction of sp³-hybridized carbons (Fsp3) is 0.167. The average Bonchev–Trinajstić information content (AvgIpc) is 2.81. The molecule has 0 atom stereocenters. The van der Waals surface area contributed by atoms with Crippen molar-refractivity contribution in [2.45, 2.75) is 6.54 Å². The van der Waals surface area contributed by atoms with Gasteiger partial charge in [-0.15, -0.1) is 0 Å². The number of hydrogen-bond donors (Lipinski definition) is 2. The van der Waals surface area contributed by atoms with Crippen molar-refractivity contribution in [3.05, 3.63) is 46.2 Å². The summed E-state index contributed by atoms with van der Waals surface area (Å²) in [6, 6.07) is 7.49. The van der Waals surface area contributed by atoms with Gasteiger partial charge < -0.3 is 11.1 Å². The van der Waals surface area contributed by atoms with Crippen molar-refractivity contribution in [1.82, 2.24) is 15.1 Å². The zero-order chi connectivity index (χ0) is 13.1. The van der Waals surface area contributed by atoms with E-state index in [4.69, 9.17) is 5.73 Å². The van der Waals surface area contributed by atoms with Crippen LogP contribution in [-0.2, 0) is 6.54 Å². The number of carbonyl (C=O) groups excluding carboxylic acids is 1. The van der Waals surface area contributed by atoms with Crippen molar-refractivity contribution in [2.75, 3.05) is 7.05 Å². The van der Waals surface area contributed by atoms with Gasteiger partial charge in [0.05, 0.1) is 5.69 Å². The summed E-state index contributed by atoms with van der Waals surface area (Å²) in [7, 11) is 1.90. The second kappa shape index (κ2) is 5.32. The van der Waals surface area contributed by atoms with Gasteiger partial charge in [0.1, 0.15) is 5.69 Å². The number of nitrogens with zero attached hydrogens (tertiary/aromatic N) is 2. The molecule has 6 heteroatoms. The number of aromatic nitrogens is 2. The number of rotatable bonds is 4. The predicted octanol–water partition coefficient (Wildman–Crippen LogP) is 1.45. The number of primary amides is 1. The van der Waals surface area contributed by atoms with Gasteiger partial charge in [-0.2, -0.15) is 5.10 Å². The summed E-state index contributed by atoms with van der Waals surface area (Å²) in [5.41, 5.74) is 7.45. The third kappa shape index (κ3) is 2.60. The van der Waals surface area contributed by atoms with Crippen molar-refractivity contribution in [1.29, 1.82) is 0 Å². The largest absolute Gasteiger partial charge is 0.364 e. The first-order valence-electron chi connectivity index (χ1n) is 5.40. The Morgan fingerprint density at radius 2 is 2.28 bits per heavy atom. The Labute approximate surface area is 113 Å². The Balaban J connectivity index is 2.33. The van der Waals surface area contributed by atoms with Gasteiger partial charge in [0.15, 0.2) is 0 Å². The summed E-state index contributed by atoms with van der Waals surface area (Å²) in [6.45, 7) is 0.784. The van der Waals surface area contributed by atoms with Crippen LogP contribution in [-0.4, -0.2) is 22.7 Å². The van der Waals surface area contributed by atoms with Crippen LogP contribution in [0.3, 0.4) is 0 Å². The Morgan fingerprint density at radius 1 is 1.50 bits per heavy atom. The lowest BCUT2D eigenvalue weighted by Gasteiger charge is -2.07. The SMILES string of the molecule is CNCc1ccc(-n2ccc(C(N)=O)n2)cc1Br. The molecule has 3 N–H and O–H groups in total. The summed E-state index contributed by atoms with van der Waals surface area (Å²) in [4.78, 5) is 11.0. The normalized spacial score (nSPS) is 10.6. The molecular weight excluding hydrogens is 296 g/mol. The fourth-order valence-corrected chi connectivity index (χ4v) is 2.12. The molecule has 5 nitrogen and oxygen atoms in total. The van der Waals surface area contributed by atoms with Crippen LogP contribution < -0.4 is 11.1 Å². The van der Waals surface area contributed by atoms with E-state index in [1.54, 1.807) is 16.9 Å². The Hall–Kier alpha value is -1.66. The minimum atomic E-state index is -0.528. The van der Waals surface area contributed by atoms with E-state index in [1.807, 2.05) is 25.2 Å². The molecule has 0 unspecified atom stereocenters. The maximum absolute atomic E-state index is 11.0. The van der Waals surface area contributed by atoms with Crippen LogP contribution in [0.2, 0.25) is 0 Å². The Kier molecular flexibility index (Phi) is 3.78. The van der Waals surface area contributed by atoms with Gasteiger partial charge in [-0.1, -0.05) is 22.0 Å². The van der Waals surface area contributed by atoms with E-state index < -0.39 is 5.91 Å². The number of halogens is 1. The summed E-state index contributed by atoms with van der Waals surface area (Å²) >= 11 is 3.51. The maximum atomic E-state index is 11.0. The highest BCUT2D eigenvalue weighted by Gasteiger charge is 2.07. The van der Waals surface area contributed by atoms with Crippen LogP contribution in [0.1, 0.15) is 16.1 Å². The van der Waals surface area contributed by atoms with Gasteiger partial charge in [-0.25, -0.2) is 4.68 Å². The van der Waals surface area contributed by atoms with Crippen LogP contribution in [0.25, 0.3) is 5.69 Å². The van der Waals surface area contributed by atoms with Crippen LogP contribution >= 0.6 is 15.9 Å². The van der Waals surface area contributed by atoms with Crippen molar-refractivity contribution < 1.29 is 4.79 Å². The van der Waals surface area contributed by atoms with E-state index in [0.717, 1.165) is 22.3 Å². The summed E-state index contributed by atoms with van der Waals surface area (Å²) in [5.74, 6) is -0.528. The quantitative estimate of drug-likeness (QED) is 0.898. The molecule has 2 rings (SSSR count). The number of nitrogens with two attached hydrogens (primary N) is 1. The fourth-order valence-electron chi connectivity index (χ4n) is 1.61. The molecule has 94 valence electrons. The van der Waals surface area contributed by atoms with Crippen molar-refractivity contribution in [2.24, 2.45) is 5.73 Å². The van der Waals surface area contributed by atoms with Gasteiger partial charge in [0.25, 0.3) is 5.91 Å². The highest BCUT2D eigenvalue weighted by molar-refractivity contribution is 9.10. The molecule has 0 saturated carbocycles. The van der Waals surface area contributed by atoms with E-state index in [2.05, 4.69) is 26.3 Å². The maximum Gasteiger partial charge on any atom is 0.269 e. The van der Waals surface area contributed by atoms with E-state index >= 15 is 0 Å². The van der Waals surface area contributed by atoms with Crippen LogP contribution in [0.15, 0.2) is 34.9 Å². The third-order valence-electron chi connectivity index (χ3n) is 2.51. The number of nitrogens with one attached hydrogen (secondary N) is 1. The van der Waals surface area contributed by atoms with E-state index in [-0.39, 0.29) is 5.69 Å². The highest BCUT2D eigenvalue weighted by atomic mass is 79.9. The minimum Gasteiger partial charge on any atom is -0.364 e. The Bertz CT molecular complexity index is 579. The zero-order valence-corrected chi connectivity index (χ0v) is 11.4. The molecule has 1 aromatic heterocycles. The smallest absolute Gasteiger partial charge is 0.269 e. The molecule has 0 radical (unpaired) electrons. The molecule has 0 bridgehead atoms. The summed E-state index contributed by atoms with van der Waals surface area (Å²) in [6.07, 6.45) is 1.71. The van der Waals surface area contributed by atoms with Gasteiger partial charge in [-0.3, -0.25) is 4.79 Å². The first-order valence-corrected chi connectivity index (χ1v) is 6.20. The molecule has 2 aromatic rings. The van der Waals surface area contributed by atoms with Crippen molar-refractivity contribution in [3.8, 4) is 5.69 Å². The van der Waals surface area contributed by atoms with Gasteiger partial charge in [0.2, 0.25) is 0 Å². The number of hydrogen-bond acceptors (Lipinski definition) is 3. The molecule has 0 aliphatic carbocycles. The molecule has 18 heavy (non-hydrogen) atoms. The lowest BCUT2D eigenvalue weighted by Crippen LogP contribution is -2.12. The molecule has 1 amide bonds. The van der Waals surface area contributed by atoms with Crippen LogP contribution in [0.5, 0.6) is 0 Å². The first kappa shape index (κ1) is 12.8. The average molecular weight is 309 g/mol. The summed E-state index contributed by atoms with van der Waals surface area (Å²) < 4.78 is 2.61. The molecule has 0 saturated heterocycles. The molecule has 1 aromatic carbocycles. The molecular formula is C12H13BrN4O. The van der Waals surface area contributed by atoms with Crippen LogP contribution in [0.4, 0.5) is 0 Å². The third-order valence-corrected chi connectivity index (χ3v) is 3.25. The molecule has 0 fully saturated rings. The second-order valence-electron chi connectivity index (χ2n) is 3.82. The molecule has 0 spiro atoms. The van der Waals surface area contributed by atoms with Crippen molar-refractivity contribution in [3.63, 3.8) is 0 Å². The Morgan fingerprint density at radius 3 is 2.83 bits per heavy atom. The van der Waals surface area contributed by atoms with Gasteiger partial charge in [-0.05, 0) is 30.8 Å². The standard InChI is InChI=1S/C12H13BrN4O/c1-15-7-8-2-3-9(6-10(8)13)17-5-4-11(16-17)12(14)18/h2-6,15H,7H2,1H3,(H2,14,18). The molecule has 0 aliphatic heterocycles. The predicted molar refractivity (Wildman–Crippen MR) is 72.5 cm³/mol. The van der Waals surface area contributed by atoms with E-state index in [9.17, 15) is 4.79 Å². The molecule has 1 heterocycles. The van der Waals surface area contributed by atoms with Gasteiger partial charge >= 0.3 is 0 Å². The van der Waals surface area contributed by atoms with Crippen molar-refractivity contribution >= 4 is 21.8 Å². The summed E-state index contributed by atoms with van der Waals surface area (Å²) in [5, 5.41) is 7.19.